The summed E-state index contributed by atoms with van der Waals surface area (Å²) < 4.78 is 2.13. The molecular formula is C15H26N4. The van der Waals surface area contributed by atoms with E-state index in [0.717, 1.165) is 19.1 Å². The molecule has 0 radical (unpaired) electrons. The Bertz CT molecular complexity index is 391. The maximum atomic E-state index is 4.39. The highest BCUT2D eigenvalue weighted by Gasteiger charge is 2.31. The largest absolute Gasteiger partial charge is 0.313 e. The fourth-order valence-electron chi connectivity index (χ4n) is 3.13. The average molecular weight is 262 g/mol. The fourth-order valence-corrected chi connectivity index (χ4v) is 3.13. The predicted octanol–water partition coefficient (Wildman–Crippen LogP) is 2.01. The SMILES string of the molecule is CCn1nccc1CN(CC1CCCCN1)C1CC1. The monoisotopic (exact) mass is 262 g/mol. The highest BCUT2D eigenvalue weighted by Crippen LogP contribution is 2.29. The van der Waals surface area contributed by atoms with Gasteiger partial charge in [0.2, 0.25) is 0 Å². The summed E-state index contributed by atoms with van der Waals surface area (Å²) in [6, 6.07) is 3.70. The van der Waals surface area contributed by atoms with E-state index >= 15 is 0 Å². The average Bonchev–Trinajstić information content (AvgIpc) is 3.20. The van der Waals surface area contributed by atoms with Gasteiger partial charge in [0.15, 0.2) is 0 Å². The Morgan fingerprint density at radius 2 is 2.26 bits per heavy atom. The topological polar surface area (TPSA) is 33.1 Å². The van der Waals surface area contributed by atoms with E-state index in [4.69, 9.17) is 0 Å². The normalized spacial score (nSPS) is 24.0. The van der Waals surface area contributed by atoms with Crippen molar-refractivity contribution in [1.29, 1.82) is 0 Å². The molecule has 1 N–H and O–H groups in total. The van der Waals surface area contributed by atoms with Gasteiger partial charge in [-0.25, -0.2) is 0 Å². The van der Waals surface area contributed by atoms with Gasteiger partial charge >= 0.3 is 0 Å². The molecule has 1 saturated carbocycles. The van der Waals surface area contributed by atoms with Crippen LogP contribution < -0.4 is 5.32 Å². The summed E-state index contributed by atoms with van der Waals surface area (Å²) in [7, 11) is 0. The summed E-state index contributed by atoms with van der Waals surface area (Å²) in [6.07, 6.45) is 8.78. The van der Waals surface area contributed by atoms with Crippen molar-refractivity contribution in [3.8, 4) is 0 Å². The van der Waals surface area contributed by atoms with Crippen LogP contribution in [-0.2, 0) is 13.1 Å². The number of piperidine rings is 1. The van der Waals surface area contributed by atoms with E-state index in [2.05, 4.69) is 33.0 Å². The minimum absolute atomic E-state index is 0.701. The van der Waals surface area contributed by atoms with Gasteiger partial charge in [-0.1, -0.05) is 6.42 Å². The molecule has 19 heavy (non-hydrogen) atoms. The summed E-state index contributed by atoms with van der Waals surface area (Å²) >= 11 is 0. The summed E-state index contributed by atoms with van der Waals surface area (Å²) in [5, 5.41) is 8.06. The van der Waals surface area contributed by atoms with Gasteiger partial charge in [0.1, 0.15) is 0 Å². The molecule has 0 aromatic carbocycles. The smallest absolute Gasteiger partial charge is 0.0524 e. The molecule has 1 atom stereocenters. The second kappa shape index (κ2) is 6.06. The molecule has 2 fully saturated rings. The first-order valence-corrected chi connectivity index (χ1v) is 7.85. The third-order valence-electron chi connectivity index (χ3n) is 4.40. The number of hydrogen-bond acceptors (Lipinski definition) is 3. The first kappa shape index (κ1) is 13.1. The van der Waals surface area contributed by atoms with Crippen molar-refractivity contribution in [3.63, 3.8) is 0 Å². The van der Waals surface area contributed by atoms with Gasteiger partial charge in [0.25, 0.3) is 0 Å². The molecule has 4 nitrogen and oxygen atoms in total. The number of nitrogens with zero attached hydrogens (tertiary/aromatic N) is 3. The van der Waals surface area contributed by atoms with Crippen LogP contribution in [0.5, 0.6) is 0 Å². The van der Waals surface area contributed by atoms with Gasteiger partial charge < -0.3 is 5.32 Å². The molecule has 1 aliphatic heterocycles. The van der Waals surface area contributed by atoms with Crippen molar-refractivity contribution in [2.75, 3.05) is 13.1 Å². The number of rotatable bonds is 6. The van der Waals surface area contributed by atoms with Gasteiger partial charge in [-0.2, -0.15) is 5.10 Å². The third kappa shape index (κ3) is 3.37. The van der Waals surface area contributed by atoms with Gasteiger partial charge in [0, 0.05) is 37.9 Å². The summed E-state index contributed by atoms with van der Waals surface area (Å²) in [5.74, 6) is 0. The van der Waals surface area contributed by atoms with E-state index in [1.165, 1.54) is 50.9 Å². The Balaban J connectivity index is 1.60. The maximum absolute atomic E-state index is 4.39. The third-order valence-corrected chi connectivity index (χ3v) is 4.40. The predicted molar refractivity (Wildman–Crippen MR) is 77.0 cm³/mol. The Kier molecular flexibility index (Phi) is 4.18. The molecule has 1 aromatic rings. The quantitative estimate of drug-likeness (QED) is 0.851. The van der Waals surface area contributed by atoms with Gasteiger partial charge in [-0.15, -0.1) is 0 Å². The number of aromatic nitrogens is 2. The minimum atomic E-state index is 0.701. The zero-order chi connectivity index (χ0) is 13.1. The molecule has 1 aliphatic carbocycles. The molecule has 0 amide bonds. The van der Waals surface area contributed by atoms with Crippen LogP contribution in [0.15, 0.2) is 12.3 Å². The minimum Gasteiger partial charge on any atom is -0.313 e. The Morgan fingerprint density at radius 1 is 1.37 bits per heavy atom. The highest BCUT2D eigenvalue weighted by atomic mass is 15.3. The van der Waals surface area contributed by atoms with E-state index in [1.54, 1.807) is 0 Å². The molecule has 0 spiro atoms. The van der Waals surface area contributed by atoms with Crippen molar-refractivity contribution in [2.45, 2.75) is 64.2 Å². The molecule has 1 unspecified atom stereocenters. The lowest BCUT2D eigenvalue weighted by molar-refractivity contribution is 0.203. The van der Waals surface area contributed by atoms with Crippen LogP contribution >= 0.6 is 0 Å². The molecule has 0 bridgehead atoms. The molecule has 1 saturated heterocycles. The van der Waals surface area contributed by atoms with Crippen LogP contribution in [0.4, 0.5) is 0 Å². The number of hydrogen-bond donors (Lipinski definition) is 1. The zero-order valence-electron chi connectivity index (χ0n) is 12.0. The number of aryl methyl sites for hydroxylation is 1. The van der Waals surface area contributed by atoms with Crippen LogP contribution in [0, 0.1) is 0 Å². The first-order valence-electron chi connectivity index (χ1n) is 7.85. The van der Waals surface area contributed by atoms with Crippen LogP contribution in [0.3, 0.4) is 0 Å². The standard InChI is InChI=1S/C15H26N4/c1-2-19-15(8-10-17-19)12-18(14-6-7-14)11-13-5-3-4-9-16-13/h8,10,13-14,16H,2-7,9,11-12H2,1H3. The van der Waals surface area contributed by atoms with Crippen molar-refractivity contribution >= 4 is 0 Å². The van der Waals surface area contributed by atoms with Crippen molar-refractivity contribution in [1.82, 2.24) is 20.0 Å². The number of nitrogens with one attached hydrogen (secondary N) is 1. The second-order valence-electron chi connectivity index (χ2n) is 5.95. The van der Waals surface area contributed by atoms with Crippen LogP contribution in [0.2, 0.25) is 0 Å². The molecule has 3 rings (SSSR count). The van der Waals surface area contributed by atoms with E-state index in [1.807, 2.05) is 6.20 Å². The molecule has 106 valence electrons. The zero-order valence-corrected chi connectivity index (χ0v) is 12.0. The van der Waals surface area contributed by atoms with Gasteiger partial charge in [0.05, 0.1) is 5.69 Å². The van der Waals surface area contributed by atoms with Crippen LogP contribution in [0.25, 0.3) is 0 Å². The fraction of sp³-hybridized carbons (Fsp3) is 0.800. The summed E-state index contributed by atoms with van der Waals surface area (Å²) in [6.45, 7) is 6.62. The van der Waals surface area contributed by atoms with Gasteiger partial charge in [-0.3, -0.25) is 9.58 Å². The van der Waals surface area contributed by atoms with E-state index < -0.39 is 0 Å². The molecule has 1 aromatic heterocycles. The van der Waals surface area contributed by atoms with Crippen molar-refractivity contribution in [2.24, 2.45) is 0 Å². The Morgan fingerprint density at radius 3 is 2.95 bits per heavy atom. The summed E-state index contributed by atoms with van der Waals surface area (Å²) in [5.41, 5.74) is 1.37. The highest BCUT2D eigenvalue weighted by molar-refractivity contribution is 5.02. The first-order chi connectivity index (χ1) is 9.36. The lowest BCUT2D eigenvalue weighted by Gasteiger charge is -2.30. The Labute approximate surface area is 116 Å². The van der Waals surface area contributed by atoms with E-state index in [-0.39, 0.29) is 0 Å². The lowest BCUT2D eigenvalue weighted by Crippen LogP contribution is -2.44. The van der Waals surface area contributed by atoms with Crippen molar-refractivity contribution in [3.05, 3.63) is 18.0 Å². The summed E-state index contributed by atoms with van der Waals surface area (Å²) in [4.78, 5) is 2.67. The maximum Gasteiger partial charge on any atom is 0.0524 e. The molecule has 2 aliphatic rings. The van der Waals surface area contributed by atoms with Crippen molar-refractivity contribution < 1.29 is 0 Å². The Hall–Kier alpha value is -0.870. The van der Waals surface area contributed by atoms with E-state index in [9.17, 15) is 0 Å². The molecular weight excluding hydrogens is 236 g/mol. The van der Waals surface area contributed by atoms with Crippen LogP contribution in [0.1, 0.15) is 44.7 Å². The van der Waals surface area contributed by atoms with Gasteiger partial charge in [-0.05, 0) is 45.2 Å². The molecule has 2 heterocycles. The lowest BCUT2D eigenvalue weighted by atomic mass is 10.0. The second-order valence-corrected chi connectivity index (χ2v) is 5.95. The molecule has 4 heteroatoms. The van der Waals surface area contributed by atoms with E-state index in [0.29, 0.717) is 6.04 Å². The van der Waals surface area contributed by atoms with Crippen LogP contribution in [-0.4, -0.2) is 39.9 Å².